The van der Waals surface area contributed by atoms with Crippen molar-refractivity contribution in [2.75, 3.05) is 38.3 Å². The largest absolute Gasteiger partial charge is 0.380 e. The quantitative estimate of drug-likeness (QED) is 0.675. The van der Waals surface area contributed by atoms with Crippen molar-refractivity contribution in [1.82, 2.24) is 9.78 Å². The molecule has 6 nitrogen and oxygen atoms in total. The third-order valence-corrected chi connectivity index (χ3v) is 3.05. The van der Waals surface area contributed by atoms with Gasteiger partial charge in [0.2, 0.25) is 0 Å². The number of nitrogens with two attached hydrogens (primary N) is 1. The van der Waals surface area contributed by atoms with E-state index in [1.807, 2.05) is 11.9 Å². The number of ether oxygens (including phenoxy) is 1. The molecular weight excluding hydrogens is 256 g/mol. The number of anilines is 1. The van der Waals surface area contributed by atoms with Crippen molar-refractivity contribution < 1.29 is 4.74 Å². The lowest BCUT2D eigenvalue weighted by atomic mass is 10.1. The van der Waals surface area contributed by atoms with Crippen molar-refractivity contribution in [3.63, 3.8) is 0 Å². The molecule has 2 N–H and O–H groups in total. The second-order valence-corrected chi connectivity index (χ2v) is 5.28. The second kappa shape index (κ2) is 8.71. The molecule has 1 heterocycles. The van der Waals surface area contributed by atoms with Crippen molar-refractivity contribution in [1.29, 1.82) is 0 Å². The Morgan fingerprint density at radius 2 is 2.20 bits per heavy atom. The van der Waals surface area contributed by atoms with Crippen LogP contribution >= 0.6 is 0 Å². The van der Waals surface area contributed by atoms with Crippen LogP contribution in [0.1, 0.15) is 20.3 Å². The standard InChI is InChI=1S/C14H26N4O2/c1-12(2)4-8-20-9-7-18-14(19)10-13(11-16-18)17(3)6-5-15/h10-12H,4-9,15H2,1-3H3. The summed E-state index contributed by atoms with van der Waals surface area (Å²) in [4.78, 5) is 13.8. The van der Waals surface area contributed by atoms with Gasteiger partial charge in [-0.1, -0.05) is 13.8 Å². The fourth-order valence-corrected chi connectivity index (χ4v) is 1.70. The Labute approximate surface area is 120 Å². The van der Waals surface area contributed by atoms with Crippen LogP contribution in [0.5, 0.6) is 0 Å². The highest BCUT2D eigenvalue weighted by Gasteiger charge is 2.04. The summed E-state index contributed by atoms with van der Waals surface area (Å²) in [7, 11) is 1.89. The smallest absolute Gasteiger partial charge is 0.268 e. The highest BCUT2D eigenvalue weighted by Crippen LogP contribution is 2.05. The molecule has 1 aromatic heterocycles. The van der Waals surface area contributed by atoms with Crippen LogP contribution in [0.4, 0.5) is 5.69 Å². The van der Waals surface area contributed by atoms with Crippen molar-refractivity contribution in [3.05, 3.63) is 22.6 Å². The zero-order valence-electron chi connectivity index (χ0n) is 12.7. The number of rotatable bonds is 9. The Kier molecular flexibility index (Phi) is 7.25. The monoisotopic (exact) mass is 282 g/mol. The average molecular weight is 282 g/mol. The first-order valence-corrected chi connectivity index (χ1v) is 7.10. The average Bonchev–Trinajstić information content (AvgIpc) is 2.39. The molecule has 0 aliphatic carbocycles. The molecular formula is C14H26N4O2. The van der Waals surface area contributed by atoms with Gasteiger partial charge in [0.05, 0.1) is 25.0 Å². The molecule has 0 aromatic carbocycles. The minimum Gasteiger partial charge on any atom is -0.380 e. The molecule has 20 heavy (non-hydrogen) atoms. The topological polar surface area (TPSA) is 73.4 Å². The van der Waals surface area contributed by atoms with Crippen LogP contribution in [0, 0.1) is 5.92 Å². The maximum absolute atomic E-state index is 11.9. The number of nitrogens with zero attached hydrogens (tertiary/aromatic N) is 3. The summed E-state index contributed by atoms with van der Waals surface area (Å²) in [6.45, 7) is 7.28. The Bertz CT molecular complexity index is 445. The van der Waals surface area contributed by atoms with E-state index in [0.717, 1.165) is 18.7 Å². The number of hydrogen-bond acceptors (Lipinski definition) is 5. The summed E-state index contributed by atoms with van der Waals surface area (Å²) in [6, 6.07) is 1.58. The third-order valence-electron chi connectivity index (χ3n) is 3.05. The predicted octanol–water partition coefficient (Wildman–Crippen LogP) is 0.701. The second-order valence-electron chi connectivity index (χ2n) is 5.28. The normalized spacial score (nSPS) is 11.1. The minimum atomic E-state index is -0.112. The zero-order chi connectivity index (χ0) is 15.0. The number of hydrogen-bond donors (Lipinski definition) is 1. The Hall–Kier alpha value is -1.40. The van der Waals surface area contributed by atoms with E-state index in [1.165, 1.54) is 4.68 Å². The molecule has 0 saturated carbocycles. The van der Waals surface area contributed by atoms with E-state index >= 15 is 0 Å². The summed E-state index contributed by atoms with van der Waals surface area (Å²) >= 11 is 0. The molecule has 0 radical (unpaired) electrons. The van der Waals surface area contributed by atoms with Crippen molar-refractivity contribution in [3.8, 4) is 0 Å². The summed E-state index contributed by atoms with van der Waals surface area (Å²) in [5.41, 5.74) is 6.17. The van der Waals surface area contributed by atoms with Crippen LogP contribution in [0.3, 0.4) is 0 Å². The molecule has 0 saturated heterocycles. The number of likely N-dealkylation sites (N-methyl/N-ethyl adjacent to an activating group) is 1. The van der Waals surface area contributed by atoms with Crippen LogP contribution in [0.25, 0.3) is 0 Å². The van der Waals surface area contributed by atoms with Gasteiger partial charge in [-0.2, -0.15) is 5.10 Å². The van der Waals surface area contributed by atoms with Gasteiger partial charge in [0.1, 0.15) is 0 Å². The predicted molar refractivity (Wildman–Crippen MR) is 81.1 cm³/mol. The molecule has 114 valence electrons. The third kappa shape index (κ3) is 5.71. The van der Waals surface area contributed by atoms with E-state index in [-0.39, 0.29) is 5.56 Å². The Morgan fingerprint density at radius 3 is 2.80 bits per heavy atom. The van der Waals surface area contributed by atoms with Gasteiger partial charge in [-0.15, -0.1) is 0 Å². The van der Waals surface area contributed by atoms with Gasteiger partial charge in [0, 0.05) is 32.8 Å². The lowest BCUT2D eigenvalue weighted by Crippen LogP contribution is -2.29. The van der Waals surface area contributed by atoms with Crippen molar-refractivity contribution in [2.24, 2.45) is 11.7 Å². The van der Waals surface area contributed by atoms with Gasteiger partial charge in [0.25, 0.3) is 5.56 Å². The fourth-order valence-electron chi connectivity index (χ4n) is 1.70. The molecule has 0 atom stereocenters. The molecule has 0 aliphatic rings. The fraction of sp³-hybridized carbons (Fsp3) is 0.714. The number of aromatic nitrogens is 2. The van der Waals surface area contributed by atoms with E-state index in [0.29, 0.717) is 32.2 Å². The maximum atomic E-state index is 11.9. The van der Waals surface area contributed by atoms with Gasteiger partial charge in [-0.25, -0.2) is 4.68 Å². The maximum Gasteiger partial charge on any atom is 0.268 e. The van der Waals surface area contributed by atoms with E-state index in [9.17, 15) is 4.79 Å². The molecule has 1 aromatic rings. The van der Waals surface area contributed by atoms with Gasteiger partial charge >= 0.3 is 0 Å². The zero-order valence-corrected chi connectivity index (χ0v) is 12.7. The molecule has 0 fully saturated rings. The summed E-state index contributed by atoms with van der Waals surface area (Å²) in [6.07, 6.45) is 2.72. The Morgan fingerprint density at radius 1 is 1.45 bits per heavy atom. The van der Waals surface area contributed by atoms with Gasteiger partial charge < -0.3 is 15.4 Å². The first kappa shape index (κ1) is 16.7. The van der Waals surface area contributed by atoms with Crippen LogP contribution < -0.4 is 16.2 Å². The van der Waals surface area contributed by atoms with Crippen LogP contribution in [-0.4, -0.2) is 43.1 Å². The van der Waals surface area contributed by atoms with Crippen molar-refractivity contribution in [2.45, 2.75) is 26.8 Å². The lowest BCUT2D eigenvalue weighted by Gasteiger charge is -2.17. The minimum absolute atomic E-state index is 0.112. The van der Waals surface area contributed by atoms with E-state index in [2.05, 4.69) is 18.9 Å². The molecule has 6 heteroatoms. The SMILES string of the molecule is CC(C)CCOCCn1ncc(N(C)CCN)cc1=O. The van der Waals surface area contributed by atoms with E-state index < -0.39 is 0 Å². The highest BCUT2D eigenvalue weighted by molar-refractivity contribution is 5.41. The van der Waals surface area contributed by atoms with E-state index in [4.69, 9.17) is 10.5 Å². The molecule has 0 aliphatic heterocycles. The summed E-state index contributed by atoms with van der Waals surface area (Å²) < 4.78 is 6.92. The highest BCUT2D eigenvalue weighted by atomic mass is 16.5. The van der Waals surface area contributed by atoms with E-state index in [1.54, 1.807) is 12.3 Å². The molecule has 1 rings (SSSR count). The van der Waals surface area contributed by atoms with Crippen LogP contribution in [0.15, 0.2) is 17.1 Å². The molecule has 0 spiro atoms. The summed E-state index contributed by atoms with van der Waals surface area (Å²) in [5.74, 6) is 0.633. The van der Waals surface area contributed by atoms with Crippen molar-refractivity contribution >= 4 is 5.69 Å². The van der Waals surface area contributed by atoms with Gasteiger partial charge in [-0.05, 0) is 12.3 Å². The molecule has 0 unspecified atom stereocenters. The lowest BCUT2D eigenvalue weighted by molar-refractivity contribution is 0.113. The summed E-state index contributed by atoms with van der Waals surface area (Å²) in [5, 5.41) is 4.16. The molecule has 0 bridgehead atoms. The van der Waals surface area contributed by atoms with Gasteiger partial charge in [0.15, 0.2) is 0 Å². The first-order valence-electron chi connectivity index (χ1n) is 7.10. The first-order chi connectivity index (χ1) is 9.54. The van der Waals surface area contributed by atoms with Crippen LogP contribution in [0.2, 0.25) is 0 Å². The van der Waals surface area contributed by atoms with Gasteiger partial charge in [-0.3, -0.25) is 4.79 Å². The Balaban J connectivity index is 2.46. The molecule has 0 amide bonds. The van der Waals surface area contributed by atoms with Crippen LogP contribution in [-0.2, 0) is 11.3 Å².